The lowest BCUT2D eigenvalue weighted by Crippen LogP contribution is -2.53. The first-order valence-electron chi connectivity index (χ1n) is 6.17. The zero-order valence-corrected chi connectivity index (χ0v) is 11.0. The van der Waals surface area contributed by atoms with E-state index in [0.717, 1.165) is 0 Å². The summed E-state index contributed by atoms with van der Waals surface area (Å²) in [5, 5.41) is 8.85. The number of hydrogen-bond donors (Lipinski definition) is 0. The minimum Gasteiger partial charge on any atom is -0.246 e. The quantitative estimate of drug-likeness (QED) is 0.582. The number of aromatic nitrogens is 1. The summed E-state index contributed by atoms with van der Waals surface area (Å²) < 4.78 is 39.0. The standard InChI is InChI=1S/C14H10ClF3N2/c15-13-3-1-11(14(16,17)18)10(6-13)12(13)8-2-4-20-9(5-8)7-19/h1-2,4-5,10,12H,3,6H2/t10?,12?,13-/m1/s1. The van der Waals surface area contributed by atoms with Crippen LogP contribution in [0.15, 0.2) is 30.0 Å². The Morgan fingerprint density at radius 3 is 2.80 bits per heavy atom. The maximum absolute atomic E-state index is 13.0. The predicted molar refractivity (Wildman–Crippen MR) is 67.1 cm³/mol. The number of nitriles is 1. The average molecular weight is 299 g/mol. The number of halogens is 4. The molecule has 2 bridgehead atoms. The third-order valence-electron chi connectivity index (χ3n) is 4.16. The molecule has 1 aromatic heterocycles. The first-order valence-corrected chi connectivity index (χ1v) is 6.55. The summed E-state index contributed by atoms with van der Waals surface area (Å²) in [5.41, 5.74) is 0.378. The summed E-state index contributed by atoms with van der Waals surface area (Å²) in [6.07, 6.45) is -1.13. The van der Waals surface area contributed by atoms with Gasteiger partial charge in [-0.15, -0.1) is 11.6 Å². The van der Waals surface area contributed by atoms with Crippen molar-refractivity contribution in [3.63, 3.8) is 0 Å². The van der Waals surface area contributed by atoms with Crippen molar-refractivity contribution in [2.24, 2.45) is 5.92 Å². The molecule has 2 aliphatic carbocycles. The van der Waals surface area contributed by atoms with Gasteiger partial charge >= 0.3 is 6.18 Å². The van der Waals surface area contributed by atoms with Gasteiger partial charge in [0.05, 0.1) is 4.87 Å². The molecule has 3 atom stereocenters. The molecule has 6 heteroatoms. The largest absolute Gasteiger partial charge is 0.412 e. The van der Waals surface area contributed by atoms with Crippen LogP contribution >= 0.6 is 11.6 Å². The van der Waals surface area contributed by atoms with Crippen LogP contribution in [-0.4, -0.2) is 16.0 Å². The molecule has 1 saturated carbocycles. The Morgan fingerprint density at radius 2 is 2.20 bits per heavy atom. The average Bonchev–Trinajstić information content (AvgIpc) is 2.37. The third-order valence-corrected chi connectivity index (χ3v) is 4.71. The van der Waals surface area contributed by atoms with Crippen molar-refractivity contribution >= 4 is 11.6 Å². The fourth-order valence-electron chi connectivity index (χ4n) is 3.30. The van der Waals surface area contributed by atoms with Crippen molar-refractivity contribution in [3.8, 4) is 6.07 Å². The highest BCUT2D eigenvalue weighted by Crippen LogP contribution is 2.64. The molecule has 0 radical (unpaired) electrons. The van der Waals surface area contributed by atoms with E-state index in [2.05, 4.69) is 4.98 Å². The smallest absolute Gasteiger partial charge is 0.246 e. The molecule has 2 unspecified atom stereocenters. The van der Waals surface area contributed by atoms with Gasteiger partial charge < -0.3 is 0 Å². The Labute approximate surface area is 118 Å². The van der Waals surface area contributed by atoms with Gasteiger partial charge in [-0.2, -0.15) is 18.4 Å². The molecular formula is C14H10ClF3N2. The van der Waals surface area contributed by atoms with E-state index in [-0.39, 0.29) is 12.1 Å². The second kappa shape index (κ2) is 4.23. The summed E-state index contributed by atoms with van der Waals surface area (Å²) in [5.74, 6) is -1.02. The van der Waals surface area contributed by atoms with Crippen molar-refractivity contribution in [1.82, 2.24) is 4.98 Å². The summed E-state index contributed by atoms with van der Waals surface area (Å²) in [6.45, 7) is 0. The highest BCUT2D eigenvalue weighted by Gasteiger charge is 2.60. The van der Waals surface area contributed by atoms with Crippen LogP contribution < -0.4 is 0 Å². The summed E-state index contributed by atoms with van der Waals surface area (Å²) >= 11 is 6.43. The molecule has 0 amide bonds. The third kappa shape index (κ3) is 1.90. The molecule has 0 N–H and O–H groups in total. The molecule has 1 aromatic rings. The van der Waals surface area contributed by atoms with Crippen molar-refractivity contribution in [1.29, 1.82) is 5.26 Å². The van der Waals surface area contributed by atoms with Crippen LogP contribution in [0.3, 0.4) is 0 Å². The van der Waals surface area contributed by atoms with Crippen molar-refractivity contribution in [3.05, 3.63) is 41.2 Å². The van der Waals surface area contributed by atoms with Crippen LogP contribution in [0.25, 0.3) is 0 Å². The van der Waals surface area contributed by atoms with Crippen LogP contribution in [0.5, 0.6) is 0 Å². The Morgan fingerprint density at radius 1 is 1.45 bits per heavy atom. The molecule has 104 valence electrons. The Kier molecular flexibility index (Phi) is 2.84. The second-order valence-corrected chi connectivity index (χ2v) is 6.02. The van der Waals surface area contributed by atoms with Gasteiger partial charge in [-0.05, 0) is 36.5 Å². The van der Waals surface area contributed by atoms with Crippen LogP contribution in [0, 0.1) is 17.2 Å². The number of rotatable bonds is 1. The molecule has 20 heavy (non-hydrogen) atoms. The van der Waals surface area contributed by atoms with Gasteiger partial charge in [0, 0.05) is 17.7 Å². The van der Waals surface area contributed by atoms with Crippen molar-refractivity contribution in [2.45, 2.75) is 29.8 Å². The van der Waals surface area contributed by atoms with Gasteiger partial charge in [-0.1, -0.05) is 6.08 Å². The molecule has 0 aromatic carbocycles. The predicted octanol–water partition coefficient (Wildman–Crippen LogP) is 3.93. The Hall–Kier alpha value is -1.54. The van der Waals surface area contributed by atoms with Gasteiger partial charge in [-0.3, -0.25) is 0 Å². The van der Waals surface area contributed by atoms with Gasteiger partial charge in [0.15, 0.2) is 0 Å². The van der Waals surface area contributed by atoms with Crippen molar-refractivity contribution < 1.29 is 13.2 Å². The summed E-state index contributed by atoms with van der Waals surface area (Å²) in [7, 11) is 0. The van der Waals surface area contributed by atoms with E-state index in [0.29, 0.717) is 12.0 Å². The first kappa shape index (κ1) is 13.4. The van der Waals surface area contributed by atoms with Crippen LogP contribution in [-0.2, 0) is 0 Å². The fourth-order valence-corrected chi connectivity index (χ4v) is 3.82. The van der Waals surface area contributed by atoms with Gasteiger partial charge in [0.1, 0.15) is 11.8 Å². The fraction of sp³-hybridized carbons (Fsp3) is 0.429. The molecule has 0 saturated heterocycles. The lowest BCUT2D eigenvalue weighted by Gasteiger charge is -2.55. The van der Waals surface area contributed by atoms with Crippen molar-refractivity contribution in [2.75, 3.05) is 0 Å². The van der Waals surface area contributed by atoms with E-state index in [4.69, 9.17) is 16.9 Å². The minimum absolute atomic E-state index is 0.199. The van der Waals surface area contributed by atoms with Gasteiger partial charge in [-0.25, -0.2) is 4.98 Å². The highest BCUT2D eigenvalue weighted by atomic mass is 35.5. The van der Waals surface area contributed by atoms with E-state index >= 15 is 0 Å². The Balaban J connectivity index is 2.00. The minimum atomic E-state index is -4.31. The first-order chi connectivity index (χ1) is 9.35. The maximum Gasteiger partial charge on any atom is 0.412 e. The SMILES string of the molecule is N#Cc1cc(C2C3C[C@]2(Cl)CC=C3C(F)(F)F)ccn1. The monoisotopic (exact) mass is 298 g/mol. The topological polar surface area (TPSA) is 36.7 Å². The van der Waals surface area contributed by atoms with E-state index in [1.54, 1.807) is 6.07 Å². The molecule has 0 spiro atoms. The molecule has 2 nitrogen and oxygen atoms in total. The summed E-state index contributed by atoms with van der Waals surface area (Å²) in [4.78, 5) is 3.18. The van der Waals surface area contributed by atoms with E-state index < -0.39 is 28.5 Å². The normalized spacial score (nSPS) is 32.0. The van der Waals surface area contributed by atoms with Crippen LogP contribution in [0.2, 0.25) is 0 Å². The number of nitrogens with zero attached hydrogens (tertiary/aromatic N) is 2. The zero-order chi connectivity index (χ0) is 14.5. The molecule has 1 fully saturated rings. The Bertz CT molecular complexity index is 632. The molecular weight excluding hydrogens is 289 g/mol. The summed E-state index contributed by atoms with van der Waals surface area (Å²) in [6, 6.07) is 5.08. The van der Waals surface area contributed by atoms with E-state index in [1.165, 1.54) is 18.3 Å². The number of fused-ring (bicyclic) bond motifs is 2. The van der Waals surface area contributed by atoms with E-state index in [1.807, 2.05) is 6.07 Å². The van der Waals surface area contributed by atoms with Crippen LogP contribution in [0.1, 0.15) is 30.0 Å². The molecule has 1 heterocycles. The van der Waals surface area contributed by atoms with E-state index in [9.17, 15) is 13.2 Å². The number of pyridine rings is 1. The highest BCUT2D eigenvalue weighted by molar-refractivity contribution is 6.25. The molecule has 2 aliphatic rings. The van der Waals surface area contributed by atoms with Crippen LogP contribution in [0.4, 0.5) is 13.2 Å². The maximum atomic E-state index is 13.0. The zero-order valence-electron chi connectivity index (χ0n) is 10.3. The number of alkyl halides is 4. The molecule has 0 aliphatic heterocycles. The van der Waals surface area contributed by atoms with Gasteiger partial charge in [0.2, 0.25) is 0 Å². The number of allylic oxidation sites excluding steroid dienone is 2. The number of hydrogen-bond acceptors (Lipinski definition) is 2. The lowest BCUT2D eigenvalue weighted by atomic mass is 9.54. The van der Waals surface area contributed by atoms with Gasteiger partial charge in [0.25, 0.3) is 0 Å². The molecule has 3 rings (SSSR count). The second-order valence-electron chi connectivity index (χ2n) is 5.27. The lowest BCUT2D eigenvalue weighted by molar-refractivity contribution is -0.109.